The molecule has 0 aliphatic heterocycles. The Kier molecular flexibility index (Phi) is 5.53. The Hall–Kier alpha value is -1.65. The largest absolute Gasteiger partial charge is 0.494 e. The molecular formula is C17H21NO2S. The first-order valence-corrected chi connectivity index (χ1v) is 8.00. The lowest BCUT2D eigenvalue weighted by atomic mass is 10.1. The molecule has 0 spiro atoms. The van der Waals surface area contributed by atoms with Gasteiger partial charge in [0.15, 0.2) is 5.78 Å². The van der Waals surface area contributed by atoms with Gasteiger partial charge in [-0.3, -0.25) is 9.69 Å². The van der Waals surface area contributed by atoms with Crippen molar-refractivity contribution in [1.82, 2.24) is 4.90 Å². The average Bonchev–Trinajstić information content (AvgIpc) is 2.93. The van der Waals surface area contributed by atoms with E-state index in [9.17, 15) is 4.79 Å². The van der Waals surface area contributed by atoms with Crippen molar-refractivity contribution in [3.05, 3.63) is 51.7 Å². The van der Waals surface area contributed by atoms with Crippen LogP contribution in [0.2, 0.25) is 0 Å². The number of benzene rings is 1. The fourth-order valence-corrected chi connectivity index (χ4v) is 2.92. The quantitative estimate of drug-likeness (QED) is 0.725. The highest BCUT2D eigenvalue weighted by molar-refractivity contribution is 7.07. The third-order valence-electron chi connectivity index (χ3n) is 3.24. The third-order valence-corrected chi connectivity index (χ3v) is 3.97. The lowest BCUT2D eigenvalue weighted by Crippen LogP contribution is -2.18. The molecule has 3 nitrogen and oxygen atoms in total. The number of carbonyl (C=O) groups is 1. The normalized spacial score (nSPS) is 10.9. The Morgan fingerprint density at radius 1 is 1.29 bits per heavy atom. The number of nitrogens with zero attached hydrogens (tertiary/aromatic N) is 1. The predicted octanol–water partition coefficient (Wildman–Crippen LogP) is 3.98. The third kappa shape index (κ3) is 4.41. The van der Waals surface area contributed by atoms with Crippen molar-refractivity contribution in [3.63, 3.8) is 0 Å². The van der Waals surface area contributed by atoms with Gasteiger partial charge in [0.1, 0.15) is 5.75 Å². The summed E-state index contributed by atoms with van der Waals surface area (Å²) in [6.07, 6.45) is 0. The van der Waals surface area contributed by atoms with Crippen LogP contribution >= 0.6 is 11.3 Å². The summed E-state index contributed by atoms with van der Waals surface area (Å²) >= 11 is 1.71. The highest BCUT2D eigenvalue weighted by atomic mass is 32.1. The summed E-state index contributed by atoms with van der Waals surface area (Å²) < 4.78 is 5.67. The Balaban J connectivity index is 2.15. The molecule has 0 amide bonds. The second kappa shape index (κ2) is 7.38. The highest BCUT2D eigenvalue weighted by Crippen LogP contribution is 2.23. The van der Waals surface area contributed by atoms with E-state index < -0.39 is 0 Å². The van der Waals surface area contributed by atoms with Gasteiger partial charge in [-0.1, -0.05) is 0 Å². The summed E-state index contributed by atoms with van der Waals surface area (Å²) in [5.74, 6) is 0.944. The first kappa shape index (κ1) is 15.7. The van der Waals surface area contributed by atoms with Crippen LogP contribution in [0.3, 0.4) is 0 Å². The van der Waals surface area contributed by atoms with E-state index in [4.69, 9.17) is 4.74 Å². The van der Waals surface area contributed by atoms with Crippen molar-refractivity contribution >= 4 is 17.1 Å². The number of thiophene rings is 1. The molecule has 21 heavy (non-hydrogen) atoms. The number of carbonyl (C=O) groups excluding carboxylic acids is 1. The number of rotatable bonds is 7. The van der Waals surface area contributed by atoms with Gasteiger partial charge in [-0.05, 0) is 61.5 Å². The number of hydrogen-bond donors (Lipinski definition) is 0. The Labute approximate surface area is 130 Å². The SMILES string of the molecule is CCOc1ccc(C(C)=O)cc1CN(C)Cc1ccsc1. The van der Waals surface area contributed by atoms with Gasteiger partial charge in [-0.2, -0.15) is 11.3 Å². The molecule has 0 bridgehead atoms. The molecule has 0 saturated heterocycles. The smallest absolute Gasteiger partial charge is 0.159 e. The first-order chi connectivity index (χ1) is 10.1. The van der Waals surface area contributed by atoms with Gasteiger partial charge < -0.3 is 4.74 Å². The van der Waals surface area contributed by atoms with Crippen LogP contribution in [0, 0.1) is 0 Å². The standard InChI is InChI=1S/C17H21NO2S/c1-4-20-17-6-5-15(13(2)19)9-16(17)11-18(3)10-14-7-8-21-12-14/h5-9,12H,4,10-11H2,1-3H3. The minimum absolute atomic E-state index is 0.0831. The van der Waals surface area contributed by atoms with E-state index >= 15 is 0 Å². The number of ether oxygens (including phenoxy) is 1. The van der Waals surface area contributed by atoms with Crippen LogP contribution in [0.5, 0.6) is 5.75 Å². The molecule has 0 unspecified atom stereocenters. The van der Waals surface area contributed by atoms with Gasteiger partial charge in [0, 0.05) is 24.2 Å². The summed E-state index contributed by atoms with van der Waals surface area (Å²) in [6.45, 7) is 5.83. The highest BCUT2D eigenvalue weighted by Gasteiger charge is 2.10. The van der Waals surface area contributed by atoms with Crippen LogP contribution in [-0.4, -0.2) is 24.3 Å². The van der Waals surface area contributed by atoms with Gasteiger partial charge in [-0.15, -0.1) is 0 Å². The van der Waals surface area contributed by atoms with Crippen molar-refractivity contribution in [3.8, 4) is 5.75 Å². The maximum atomic E-state index is 11.6. The van der Waals surface area contributed by atoms with E-state index in [1.807, 2.05) is 25.1 Å². The first-order valence-electron chi connectivity index (χ1n) is 7.06. The van der Waals surface area contributed by atoms with Crippen LogP contribution in [0.1, 0.15) is 35.3 Å². The molecule has 0 atom stereocenters. The molecule has 2 rings (SSSR count). The zero-order valence-electron chi connectivity index (χ0n) is 12.8. The number of hydrogen-bond acceptors (Lipinski definition) is 4. The van der Waals surface area contributed by atoms with Crippen molar-refractivity contribution in [1.29, 1.82) is 0 Å². The van der Waals surface area contributed by atoms with Gasteiger partial charge in [0.25, 0.3) is 0 Å². The number of ketones is 1. The second-order valence-corrected chi connectivity index (χ2v) is 5.90. The van der Waals surface area contributed by atoms with Crippen molar-refractivity contribution in [2.45, 2.75) is 26.9 Å². The average molecular weight is 303 g/mol. The molecule has 112 valence electrons. The Morgan fingerprint density at radius 3 is 2.71 bits per heavy atom. The molecule has 0 aliphatic rings. The van der Waals surface area contributed by atoms with E-state index in [1.54, 1.807) is 18.3 Å². The van der Waals surface area contributed by atoms with Crippen LogP contribution in [0.25, 0.3) is 0 Å². The molecule has 0 fully saturated rings. The van der Waals surface area contributed by atoms with Gasteiger partial charge >= 0.3 is 0 Å². The van der Waals surface area contributed by atoms with Crippen LogP contribution in [-0.2, 0) is 13.1 Å². The lowest BCUT2D eigenvalue weighted by molar-refractivity contribution is 0.101. The zero-order chi connectivity index (χ0) is 15.2. The summed E-state index contributed by atoms with van der Waals surface area (Å²) in [6, 6.07) is 7.80. The second-order valence-electron chi connectivity index (χ2n) is 5.12. The Morgan fingerprint density at radius 2 is 2.10 bits per heavy atom. The molecule has 0 radical (unpaired) electrons. The maximum absolute atomic E-state index is 11.6. The topological polar surface area (TPSA) is 29.5 Å². The molecular weight excluding hydrogens is 282 g/mol. The molecule has 0 saturated carbocycles. The molecule has 1 aromatic heterocycles. The van der Waals surface area contributed by atoms with Gasteiger partial charge in [0.2, 0.25) is 0 Å². The fraction of sp³-hybridized carbons (Fsp3) is 0.353. The molecule has 0 aliphatic carbocycles. The van der Waals surface area contributed by atoms with Crippen LogP contribution in [0.15, 0.2) is 35.0 Å². The minimum Gasteiger partial charge on any atom is -0.494 e. The van der Waals surface area contributed by atoms with E-state index in [2.05, 4.69) is 28.8 Å². The molecule has 2 aromatic rings. The summed E-state index contributed by atoms with van der Waals surface area (Å²) in [4.78, 5) is 13.8. The van der Waals surface area contributed by atoms with E-state index in [0.717, 1.165) is 30.0 Å². The fourth-order valence-electron chi connectivity index (χ4n) is 2.26. The molecule has 1 heterocycles. The summed E-state index contributed by atoms with van der Waals surface area (Å²) in [5, 5.41) is 4.25. The van der Waals surface area contributed by atoms with Crippen molar-refractivity contribution in [2.24, 2.45) is 0 Å². The van der Waals surface area contributed by atoms with Crippen LogP contribution in [0.4, 0.5) is 0 Å². The van der Waals surface area contributed by atoms with E-state index in [0.29, 0.717) is 6.61 Å². The van der Waals surface area contributed by atoms with E-state index in [-0.39, 0.29) is 5.78 Å². The monoisotopic (exact) mass is 303 g/mol. The Bertz CT molecular complexity index is 593. The predicted molar refractivity (Wildman–Crippen MR) is 87.1 cm³/mol. The summed E-state index contributed by atoms with van der Waals surface area (Å²) in [5.41, 5.74) is 3.10. The number of Topliss-reactive ketones (excluding diaryl/α,β-unsaturated/α-hetero) is 1. The van der Waals surface area contributed by atoms with Gasteiger partial charge in [0.05, 0.1) is 6.61 Å². The molecule has 0 N–H and O–H groups in total. The van der Waals surface area contributed by atoms with E-state index in [1.165, 1.54) is 5.56 Å². The van der Waals surface area contributed by atoms with Crippen molar-refractivity contribution in [2.75, 3.05) is 13.7 Å². The summed E-state index contributed by atoms with van der Waals surface area (Å²) in [7, 11) is 2.08. The maximum Gasteiger partial charge on any atom is 0.159 e. The van der Waals surface area contributed by atoms with Gasteiger partial charge in [-0.25, -0.2) is 0 Å². The molecule has 1 aromatic carbocycles. The lowest BCUT2D eigenvalue weighted by Gasteiger charge is -2.19. The van der Waals surface area contributed by atoms with Crippen LogP contribution < -0.4 is 4.74 Å². The zero-order valence-corrected chi connectivity index (χ0v) is 13.6. The molecule has 4 heteroatoms. The minimum atomic E-state index is 0.0831. The van der Waals surface area contributed by atoms with Crippen molar-refractivity contribution < 1.29 is 9.53 Å².